The molecule has 56 heavy (non-hydrogen) atoms. The fraction of sp³-hybridized carbons (Fsp3) is 0.233. The molecule has 7 rings (SSSR count). The van der Waals surface area contributed by atoms with Crippen LogP contribution >= 0.6 is 23.1 Å². The van der Waals surface area contributed by atoms with E-state index < -0.39 is 34.4 Å². The lowest BCUT2D eigenvalue weighted by molar-refractivity contribution is -0.255. The molecule has 0 bridgehead atoms. The van der Waals surface area contributed by atoms with Gasteiger partial charge < -0.3 is 19.9 Å². The molecular weight excluding hydrogens is 765 g/mol. The maximum atomic E-state index is 14.0. The largest absolute Gasteiger partial charge is 0.392 e. The van der Waals surface area contributed by atoms with Gasteiger partial charge in [0.25, 0.3) is 0 Å². The highest BCUT2D eigenvalue weighted by atomic mass is 32.2. The molecule has 1 aliphatic rings. The molecule has 1 aliphatic heterocycles. The van der Waals surface area contributed by atoms with Crippen LogP contribution in [0.25, 0.3) is 0 Å². The number of aliphatic hydroxyl groups is 1. The Hall–Kier alpha value is -4.73. The maximum Gasteiger partial charge on any atom is 0.242 e. The van der Waals surface area contributed by atoms with E-state index in [1.807, 2.05) is 98.8 Å². The lowest BCUT2D eigenvalue weighted by Crippen LogP contribution is -2.45. The molecule has 13 heteroatoms. The number of hydrogen-bond acceptors (Lipinski definition) is 10. The summed E-state index contributed by atoms with van der Waals surface area (Å²) in [6, 6.07) is 39.8. The average molecular weight is 807 g/mol. The number of aryl methyl sites for hydroxylation is 2. The lowest BCUT2D eigenvalue weighted by atomic mass is 9.84. The molecule has 1 aromatic heterocycles. The number of benzene rings is 5. The number of aliphatic hydroxyl groups excluding tert-OH is 1. The quantitative estimate of drug-likeness (QED) is 0.0938. The first-order valence-corrected chi connectivity index (χ1v) is 21.5. The summed E-state index contributed by atoms with van der Waals surface area (Å²) in [5.74, 6) is -0.144. The Morgan fingerprint density at radius 3 is 2.18 bits per heavy atom. The van der Waals surface area contributed by atoms with Gasteiger partial charge in [0.1, 0.15) is 11.0 Å². The maximum absolute atomic E-state index is 14.0. The molecule has 5 atom stereocenters. The topological polar surface area (TPSA) is 140 Å². The second-order valence-electron chi connectivity index (χ2n) is 13.6. The minimum atomic E-state index is -4.03. The molecule has 1 fully saturated rings. The van der Waals surface area contributed by atoms with Crippen LogP contribution in [0.5, 0.6) is 0 Å². The first-order chi connectivity index (χ1) is 27.1. The minimum absolute atomic E-state index is 0.0711. The van der Waals surface area contributed by atoms with Crippen LogP contribution in [-0.4, -0.2) is 47.5 Å². The molecule has 2 heterocycles. The van der Waals surface area contributed by atoms with Gasteiger partial charge in [-0.3, -0.25) is 4.79 Å². The summed E-state index contributed by atoms with van der Waals surface area (Å²) in [6.45, 7) is 3.73. The highest BCUT2D eigenvalue weighted by molar-refractivity contribution is 8.01. The molecule has 288 valence electrons. The fourth-order valence-electron chi connectivity index (χ4n) is 6.64. The molecule has 1 saturated heterocycles. The molecule has 0 radical (unpaired) electrons. The zero-order valence-corrected chi connectivity index (χ0v) is 33.3. The average Bonchev–Trinajstić information content (AvgIpc) is 3.65. The number of amides is 1. The van der Waals surface area contributed by atoms with Gasteiger partial charge in [-0.2, -0.15) is 4.72 Å². The van der Waals surface area contributed by atoms with Crippen LogP contribution in [0, 0.1) is 13.8 Å². The normalized spacial score (nSPS) is 19.0. The number of hydrogen-bond donors (Lipinski definition) is 3. The zero-order chi connectivity index (χ0) is 39.1. The van der Waals surface area contributed by atoms with Crippen LogP contribution in [0.3, 0.4) is 0 Å². The van der Waals surface area contributed by atoms with Crippen molar-refractivity contribution in [3.8, 4) is 0 Å². The number of ether oxygens (including phenoxy) is 2. The molecule has 6 aromatic rings. The van der Waals surface area contributed by atoms with Crippen LogP contribution in [0.1, 0.15) is 56.7 Å². The third kappa shape index (κ3) is 9.79. The summed E-state index contributed by atoms with van der Waals surface area (Å²) >= 11 is 3.12. The summed E-state index contributed by atoms with van der Waals surface area (Å²) in [6.07, 6.45) is -1.46. The molecule has 1 unspecified atom stereocenters. The Labute approximate surface area is 335 Å². The van der Waals surface area contributed by atoms with Gasteiger partial charge in [0.15, 0.2) is 10.6 Å². The highest BCUT2D eigenvalue weighted by Gasteiger charge is 2.42. The van der Waals surface area contributed by atoms with Gasteiger partial charge in [-0.15, -0.1) is 10.2 Å². The van der Waals surface area contributed by atoms with E-state index in [1.165, 1.54) is 23.5 Å². The van der Waals surface area contributed by atoms with E-state index in [4.69, 9.17) is 9.47 Å². The number of carbonyl (C=O) groups is 1. The van der Waals surface area contributed by atoms with Crippen LogP contribution in [0.4, 0.5) is 5.69 Å². The minimum Gasteiger partial charge on any atom is -0.392 e. The summed E-state index contributed by atoms with van der Waals surface area (Å²) < 4.78 is 44.2. The first-order valence-electron chi connectivity index (χ1n) is 18.2. The Morgan fingerprint density at radius 2 is 1.50 bits per heavy atom. The van der Waals surface area contributed by atoms with Crippen molar-refractivity contribution in [2.75, 3.05) is 11.1 Å². The van der Waals surface area contributed by atoms with Gasteiger partial charge in [0.05, 0.1) is 23.7 Å². The van der Waals surface area contributed by atoms with Gasteiger partial charge in [-0.05, 0) is 66.8 Å². The molecule has 3 N–H and O–H groups in total. The number of nitrogens with one attached hydrogen (secondary N) is 2. The van der Waals surface area contributed by atoms with Crippen molar-refractivity contribution < 1.29 is 27.8 Å². The van der Waals surface area contributed by atoms with Crippen molar-refractivity contribution >= 4 is 44.7 Å². The second-order valence-corrected chi connectivity index (χ2v) is 17.8. The SMILES string of the molecule is Cc1ccc(S(=O)(=O)N[C@H](Cc2ccccc2)C(=O)Nc2cccc(C3O[C@H](CSc4nnc(C)s4)[C@@H](c4ccccc4)[C@H](c4ccc(CO)cc4)O3)c2)cc1. The predicted octanol–water partition coefficient (Wildman–Crippen LogP) is 7.91. The lowest BCUT2D eigenvalue weighted by Gasteiger charge is -2.43. The number of sulfonamides is 1. The van der Waals surface area contributed by atoms with Crippen molar-refractivity contribution in [1.29, 1.82) is 0 Å². The van der Waals surface area contributed by atoms with E-state index in [-0.39, 0.29) is 29.9 Å². The van der Waals surface area contributed by atoms with Crippen molar-refractivity contribution in [3.63, 3.8) is 0 Å². The number of carbonyl (C=O) groups excluding carboxylic acids is 1. The molecule has 5 aromatic carbocycles. The summed E-state index contributed by atoms with van der Waals surface area (Å²) in [4.78, 5) is 14.1. The third-order valence-electron chi connectivity index (χ3n) is 9.50. The van der Waals surface area contributed by atoms with Gasteiger partial charge in [0, 0.05) is 22.9 Å². The summed E-state index contributed by atoms with van der Waals surface area (Å²) in [5.41, 5.74) is 5.63. The van der Waals surface area contributed by atoms with E-state index in [0.717, 1.165) is 37.2 Å². The molecule has 10 nitrogen and oxygen atoms in total. The van der Waals surface area contributed by atoms with Crippen LogP contribution in [0.2, 0.25) is 0 Å². The second kappa shape index (κ2) is 18.0. The Kier molecular flexibility index (Phi) is 12.7. The standard InChI is InChI=1S/C43H42N4O6S3/c1-28-16-22-36(23-17-28)56(50,51)47-37(24-30-10-5-3-6-11-30)41(49)44-35-15-9-14-34(25-35)42-52-38(27-54-43-46-45-29(2)55-43)39(32-12-7-4-8-13-32)40(53-42)33-20-18-31(26-48)19-21-33/h3-23,25,37-40,42,47-48H,24,26-27H2,1-2H3,(H,44,49)/t37-,38-,39-,40+,42?/m1/s1. The van der Waals surface area contributed by atoms with Crippen molar-refractivity contribution in [1.82, 2.24) is 14.9 Å². The van der Waals surface area contributed by atoms with Crippen molar-refractivity contribution in [3.05, 3.63) is 172 Å². The van der Waals surface area contributed by atoms with Crippen LogP contribution in [0.15, 0.2) is 143 Å². The van der Waals surface area contributed by atoms with Gasteiger partial charge in [-0.1, -0.05) is 138 Å². The molecule has 0 aliphatic carbocycles. The van der Waals surface area contributed by atoms with Gasteiger partial charge in [0.2, 0.25) is 15.9 Å². The summed E-state index contributed by atoms with van der Waals surface area (Å²) in [5, 5.41) is 22.1. The fourth-order valence-corrected chi connectivity index (χ4v) is 9.75. The number of rotatable bonds is 14. The molecule has 0 spiro atoms. The smallest absolute Gasteiger partial charge is 0.242 e. The van der Waals surface area contributed by atoms with Crippen LogP contribution < -0.4 is 10.0 Å². The number of aromatic nitrogens is 2. The van der Waals surface area contributed by atoms with E-state index >= 15 is 0 Å². The van der Waals surface area contributed by atoms with E-state index in [2.05, 4.69) is 32.4 Å². The van der Waals surface area contributed by atoms with E-state index in [0.29, 0.717) is 17.0 Å². The number of nitrogens with zero attached hydrogens (tertiary/aromatic N) is 2. The Morgan fingerprint density at radius 1 is 0.804 bits per heavy atom. The Bertz CT molecular complexity index is 2330. The van der Waals surface area contributed by atoms with Crippen molar-refractivity contribution in [2.24, 2.45) is 0 Å². The van der Waals surface area contributed by atoms with E-state index in [1.54, 1.807) is 36.0 Å². The van der Waals surface area contributed by atoms with Gasteiger partial charge in [-0.25, -0.2) is 8.42 Å². The molecular formula is C43H42N4O6S3. The number of anilines is 1. The molecule has 1 amide bonds. The monoisotopic (exact) mass is 806 g/mol. The Balaban J connectivity index is 1.18. The third-order valence-corrected chi connectivity index (χ3v) is 13.1. The predicted molar refractivity (Wildman–Crippen MR) is 219 cm³/mol. The highest BCUT2D eigenvalue weighted by Crippen LogP contribution is 2.48. The van der Waals surface area contributed by atoms with E-state index in [9.17, 15) is 18.3 Å². The molecule has 0 saturated carbocycles. The summed E-state index contributed by atoms with van der Waals surface area (Å²) in [7, 11) is -4.03. The first kappa shape index (κ1) is 39.5. The van der Waals surface area contributed by atoms with Crippen LogP contribution in [-0.2, 0) is 37.3 Å². The van der Waals surface area contributed by atoms with Gasteiger partial charge >= 0.3 is 0 Å². The van der Waals surface area contributed by atoms with Crippen molar-refractivity contribution in [2.45, 2.75) is 66.6 Å². The zero-order valence-electron chi connectivity index (χ0n) is 30.8. The number of thioether (sulfide) groups is 1.